The Hall–Kier alpha value is -3.80. The lowest BCUT2D eigenvalue weighted by molar-refractivity contribution is -0.118. The van der Waals surface area contributed by atoms with Crippen LogP contribution in [0.5, 0.6) is 0 Å². The van der Waals surface area contributed by atoms with Gasteiger partial charge >= 0.3 is 0 Å². The van der Waals surface area contributed by atoms with Crippen molar-refractivity contribution in [2.75, 3.05) is 16.8 Å². The van der Waals surface area contributed by atoms with Crippen molar-refractivity contribution < 1.29 is 9.59 Å². The third-order valence-electron chi connectivity index (χ3n) is 4.19. The summed E-state index contributed by atoms with van der Waals surface area (Å²) < 4.78 is 0. The lowest BCUT2D eigenvalue weighted by atomic mass is 10.0. The molecule has 0 fully saturated rings. The topological polar surface area (TPSA) is 110 Å². The van der Waals surface area contributed by atoms with Crippen molar-refractivity contribution in [3.63, 3.8) is 0 Å². The second kappa shape index (κ2) is 8.73. The number of hydrogen-bond donors (Lipinski definition) is 4. The zero-order valence-corrected chi connectivity index (χ0v) is 15.3. The Labute approximate surface area is 163 Å². The van der Waals surface area contributed by atoms with Crippen LogP contribution in [0.4, 0.5) is 17.1 Å². The van der Waals surface area contributed by atoms with Gasteiger partial charge in [0.15, 0.2) is 0 Å². The van der Waals surface area contributed by atoms with E-state index < -0.39 is 11.9 Å². The van der Waals surface area contributed by atoms with Gasteiger partial charge in [-0.15, -0.1) is 0 Å². The van der Waals surface area contributed by atoms with E-state index in [-0.39, 0.29) is 5.91 Å². The lowest BCUT2D eigenvalue weighted by Gasteiger charge is -2.19. The molecule has 1 atom stereocenters. The predicted molar refractivity (Wildman–Crippen MR) is 112 cm³/mol. The van der Waals surface area contributed by atoms with Crippen molar-refractivity contribution in [1.29, 1.82) is 0 Å². The molecule has 0 heterocycles. The third kappa shape index (κ3) is 5.11. The molecule has 3 aromatic rings. The Balaban J connectivity index is 1.80. The minimum atomic E-state index is -0.766. The summed E-state index contributed by atoms with van der Waals surface area (Å²) in [6.07, 6.45) is 0.350. The molecule has 2 amide bonds. The van der Waals surface area contributed by atoms with Gasteiger partial charge in [0.25, 0.3) is 5.91 Å². The van der Waals surface area contributed by atoms with Gasteiger partial charge in [-0.1, -0.05) is 48.5 Å². The molecule has 28 heavy (non-hydrogen) atoms. The van der Waals surface area contributed by atoms with Crippen LogP contribution in [0, 0.1) is 0 Å². The fraction of sp³-hybridized carbons (Fsp3) is 0.0909. The van der Waals surface area contributed by atoms with E-state index in [0.717, 1.165) is 5.56 Å². The minimum Gasteiger partial charge on any atom is -0.399 e. The molecule has 6 N–H and O–H groups in total. The molecule has 6 nitrogen and oxygen atoms in total. The Morgan fingerprint density at radius 2 is 1.39 bits per heavy atom. The normalized spacial score (nSPS) is 11.4. The molecule has 6 heteroatoms. The quantitative estimate of drug-likeness (QED) is 0.497. The van der Waals surface area contributed by atoms with E-state index in [1.54, 1.807) is 18.2 Å². The molecule has 0 radical (unpaired) electrons. The van der Waals surface area contributed by atoms with E-state index in [2.05, 4.69) is 10.6 Å². The Bertz CT molecular complexity index is 939. The molecule has 3 aromatic carbocycles. The highest BCUT2D eigenvalue weighted by Crippen LogP contribution is 2.15. The number of nitrogen functional groups attached to an aromatic ring is 2. The van der Waals surface area contributed by atoms with Gasteiger partial charge in [0.2, 0.25) is 5.91 Å². The van der Waals surface area contributed by atoms with Crippen molar-refractivity contribution >= 4 is 28.9 Å². The molecule has 0 aliphatic carbocycles. The average Bonchev–Trinajstić information content (AvgIpc) is 2.68. The van der Waals surface area contributed by atoms with Crippen molar-refractivity contribution in [1.82, 2.24) is 5.32 Å². The van der Waals surface area contributed by atoms with Crippen LogP contribution in [0.25, 0.3) is 0 Å². The number of nitrogens with one attached hydrogen (secondary N) is 2. The highest BCUT2D eigenvalue weighted by Gasteiger charge is 2.22. The molecule has 0 saturated carbocycles. The summed E-state index contributed by atoms with van der Waals surface area (Å²) in [5.74, 6) is -0.719. The van der Waals surface area contributed by atoms with E-state index in [0.29, 0.717) is 29.0 Å². The Morgan fingerprint density at radius 1 is 0.821 bits per heavy atom. The number of benzene rings is 3. The predicted octanol–water partition coefficient (Wildman–Crippen LogP) is 2.83. The van der Waals surface area contributed by atoms with Gasteiger partial charge in [0.1, 0.15) is 6.04 Å². The second-order valence-electron chi connectivity index (χ2n) is 6.46. The van der Waals surface area contributed by atoms with Crippen LogP contribution in [0.3, 0.4) is 0 Å². The van der Waals surface area contributed by atoms with E-state index >= 15 is 0 Å². The summed E-state index contributed by atoms with van der Waals surface area (Å²) in [6, 6.07) is 22.5. The highest BCUT2D eigenvalue weighted by molar-refractivity contribution is 6.02. The molecular weight excluding hydrogens is 352 g/mol. The summed E-state index contributed by atoms with van der Waals surface area (Å²) in [7, 11) is 0. The Kier molecular flexibility index (Phi) is 5.91. The number of amides is 2. The molecule has 1 unspecified atom stereocenters. The van der Waals surface area contributed by atoms with Gasteiger partial charge in [0.05, 0.1) is 0 Å². The second-order valence-corrected chi connectivity index (χ2v) is 6.46. The molecule has 0 aliphatic heterocycles. The van der Waals surface area contributed by atoms with E-state index in [4.69, 9.17) is 11.5 Å². The molecule has 0 saturated heterocycles. The van der Waals surface area contributed by atoms with E-state index in [9.17, 15) is 9.59 Å². The molecule has 0 aliphatic rings. The van der Waals surface area contributed by atoms with Crippen molar-refractivity contribution in [3.05, 3.63) is 90.0 Å². The van der Waals surface area contributed by atoms with Crippen LogP contribution in [0.2, 0.25) is 0 Å². The fourth-order valence-electron chi connectivity index (χ4n) is 2.86. The van der Waals surface area contributed by atoms with E-state index in [1.165, 1.54) is 12.1 Å². The van der Waals surface area contributed by atoms with Crippen LogP contribution in [-0.2, 0) is 11.2 Å². The highest BCUT2D eigenvalue weighted by atomic mass is 16.2. The monoisotopic (exact) mass is 374 g/mol. The number of carbonyl (C=O) groups excluding carboxylic acids is 2. The standard InChI is InChI=1S/C22H22N4O2/c23-17-12-16(13-18(24)14-17)21(27)26-20(11-15-7-3-1-4-8-15)22(28)25-19-9-5-2-6-10-19/h1-10,12-14,20H,11,23-24H2,(H,25,28)(H,26,27). The first kappa shape index (κ1) is 19.0. The van der Waals surface area contributed by atoms with Gasteiger partial charge in [-0.3, -0.25) is 9.59 Å². The first-order valence-electron chi connectivity index (χ1n) is 8.88. The van der Waals surface area contributed by atoms with Crippen molar-refractivity contribution in [2.45, 2.75) is 12.5 Å². The molecular formula is C22H22N4O2. The Morgan fingerprint density at radius 3 is 2.00 bits per heavy atom. The van der Waals surface area contributed by atoms with Gasteiger partial charge < -0.3 is 22.1 Å². The summed E-state index contributed by atoms with van der Waals surface area (Å²) >= 11 is 0. The summed E-state index contributed by atoms with van der Waals surface area (Å²) in [5.41, 5.74) is 14.2. The van der Waals surface area contributed by atoms with Crippen LogP contribution in [0.1, 0.15) is 15.9 Å². The van der Waals surface area contributed by atoms with Crippen LogP contribution < -0.4 is 22.1 Å². The number of anilines is 3. The summed E-state index contributed by atoms with van der Waals surface area (Å²) in [6.45, 7) is 0. The fourth-order valence-corrected chi connectivity index (χ4v) is 2.86. The van der Waals surface area contributed by atoms with Crippen LogP contribution in [0.15, 0.2) is 78.9 Å². The van der Waals surface area contributed by atoms with Crippen LogP contribution >= 0.6 is 0 Å². The van der Waals surface area contributed by atoms with Gasteiger partial charge in [0, 0.05) is 29.0 Å². The maximum absolute atomic E-state index is 12.8. The molecule has 0 spiro atoms. The minimum absolute atomic E-state index is 0.305. The van der Waals surface area contributed by atoms with Crippen LogP contribution in [-0.4, -0.2) is 17.9 Å². The zero-order chi connectivity index (χ0) is 19.9. The molecule has 0 bridgehead atoms. The maximum atomic E-state index is 12.8. The summed E-state index contributed by atoms with van der Waals surface area (Å²) in [4.78, 5) is 25.5. The first-order chi connectivity index (χ1) is 13.5. The first-order valence-corrected chi connectivity index (χ1v) is 8.88. The number of para-hydroxylation sites is 1. The lowest BCUT2D eigenvalue weighted by Crippen LogP contribution is -2.45. The molecule has 3 rings (SSSR count). The summed E-state index contributed by atoms with van der Waals surface area (Å²) in [5, 5.41) is 5.63. The third-order valence-corrected chi connectivity index (χ3v) is 4.19. The van der Waals surface area contributed by atoms with Crippen molar-refractivity contribution in [3.8, 4) is 0 Å². The number of hydrogen-bond acceptors (Lipinski definition) is 4. The van der Waals surface area contributed by atoms with E-state index in [1.807, 2.05) is 48.5 Å². The SMILES string of the molecule is Nc1cc(N)cc(C(=O)NC(Cc2ccccc2)C(=O)Nc2ccccc2)c1. The van der Waals surface area contributed by atoms with Gasteiger partial charge in [-0.2, -0.15) is 0 Å². The van der Waals surface area contributed by atoms with Gasteiger partial charge in [-0.05, 0) is 35.9 Å². The molecule has 0 aromatic heterocycles. The average molecular weight is 374 g/mol. The number of nitrogens with two attached hydrogens (primary N) is 2. The van der Waals surface area contributed by atoms with Gasteiger partial charge in [-0.25, -0.2) is 0 Å². The van der Waals surface area contributed by atoms with Crippen molar-refractivity contribution in [2.24, 2.45) is 0 Å². The zero-order valence-electron chi connectivity index (χ0n) is 15.3. The number of rotatable bonds is 6. The maximum Gasteiger partial charge on any atom is 0.252 e. The number of carbonyl (C=O) groups is 2. The molecule has 142 valence electrons. The smallest absolute Gasteiger partial charge is 0.252 e. The largest absolute Gasteiger partial charge is 0.399 e.